The first-order valence-electron chi connectivity index (χ1n) is 5.45. The van der Waals surface area contributed by atoms with Gasteiger partial charge in [-0.2, -0.15) is 0 Å². The SMILES string of the molecule is COC(=O)c1ccoc1COc1cc(Cl)c(Cl)cc1Cl. The van der Waals surface area contributed by atoms with E-state index in [1.807, 2.05) is 0 Å². The monoisotopic (exact) mass is 334 g/mol. The molecule has 0 amide bonds. The van der Waals surface area contributed by atoms with Crippen molar-refractivity contribution in [2.45, 2.75) is 6.61 Å². The van der Waals surface area contributed by atoms with Crippen molar-refractivity contribution >= 4 is 40.8 Å². The van der Waals surface area contributed by atoms with Gasteiger partial charge in [0.05, 0.1) is 28.4 Å². The van der Waals surface area contributed by atoms with E-state index in [2.05, 4.69) is 4.74 Å². The van der Waals surface area contributed by atoms with Crippen LogP contribution in [-0.4, -0.2) is 13.1 Å². The maximum Gasteiger partial charge on any atom is 0.341 e. The van der Waals surface area contributed by atoms with Crippen LogP contribution in [-0.2, 0) is 11.3 Å². The number of ether oxygens (including phenoxy) is 2. The number of benzene rings is 1. The average Bonchev–Trinajstić information content (AvgIpc) is 2.89. The molecule has 1 heterocycles. The Morgan fingerprint density at radius 1 is 1.20 bits per heavy atom. The van der Waals surface area contributed by atoms with E-state index in [-0.39, 0.29) is 6.61 Å². The molecule has 0 aliphatic carbocycles. The second-order valence-corrected chi connectivity index (χ2v) is 4.96. The summed E-state index contributed by atoms with van der Waals surface area (Å²) in [6, 6.07) is 4.47. The minimum atomic E-state index is -0.502. The highest BCUT2D eigenvalue weighted by Crippen LogP contribution is 2.34. The molecule has 1 aromatic heterocycles. The topological polar surface area (TPSA) is 48.7 Å². The maximum atomic E-state index is 11.5. The first-order valence-corrected chi connectivity index (χ1v) is 6.58. The van der Waals surface area contributed by atoms with Crippen LogP contribution >= 0.6 is 34.8 Å². The largest absolute Gasteiger partial charge is 0.484 e. The molecule has 4 nitrogen and oxygen atoms in total. The van der Waals surface area contributed by atoms with Crippen LogP contribution < -0.4 is 4.74 Å². The quantitative estimate of drug-likeness (QED) is 0.605. The summed E-state index contributed by atoms with van der Waals surface area (Å²) >= 11 is 17.7. The number of rotatable bonds is 4. The number of methoxy groups -OCH3 is 1. The van der Waals surface area contributed by atoms with Crippen LogP contribution in [0.15, 0.2) is 28.9 Å². The normalized spacial score (nSPS) is 10.4. The molecular formula is C13H9Cl3O4. The zero-order chi connectivity index (χ0) is 14.7. The number of hydrogen-bond acceptors (Lipinski definition) is 4. The molecule has 2 aromatic rings. The molecule has 0 N–H and O–H groups in total. The molecule has 2 rings (SSSR count). The number of esters is 1. The molecule has 0 spiro atoms. The Morgan fingerprint density at radius 2 is 1.90 bits per heavy atom. The summed E-state index contributed by atoms with van der Waals surface area (Å²) < 4.78 is 15.3. The smallest absolute Gasteiger partial charge is 0.341 e. The summed E-state index contributed by atoms with van der Waals surface area (Å²) in [5.74, 6) is 0.171. The zero-order valence-corrected chi connectivity index (χ0v) is 12.6. The Bertz CT molecular complexity index is 637. The lowest BCUT2D eigenvalue weighted by atomic mass is 10.2. The fourth-order valence-electron chi connectivity index (χ4n) is 1.50. The van der Waals surface area contributed by atoms with Gasteiger partial charge in [0.2, 0.25) is 0 Å². The molecule has 0 bridgehead atoms. The average molecular weight is 336 g/mol. The van der Waals surface area contributed by atoms with Gasteiger partial charge in [-0.25, -0.2) is 4.79 Å². The third-order valence-corrected chi connectivity index (χ3v) is 3.50. The highest BCUT2D eigenvalue weighted by atomic mass is 35.5. The summed E-state index contributed by atoms with van der Waals surface area (Å²) in [5, 5.41) is 0.960. The van der Waals surface area contributed by atoms with Gasteiger partial charge in [0.1, 0.15) is 17.9 Å². The Morgan fingerprint density at radius 3 is 2.60 bits per heavy atom. The van der Waals surface area contributed by atoms with Crippen molar-refractivity contribution in [3.8, 4) is 5.75 Å². The van der Waals surface area contributed by atoms with Crippen LogP contribution in [0.5, 0.6) is 5.75 Å². The summed E-state index contributed by atoms with van der Waals surface area (Å²) in [6.07, 6.45) is 1.38. The summed E-state index contributed by atoms with van der Waals surface area (Å²) in [5.41, 5.74) is 0.295. The number of halogens is 3. The van der Waals surface area contributed by atoms with Crippen LogP contribution in [0.25, 0.3) is 0 Å². The van der Waals surface area contributed by atoms with E-state index in [9.17, 15) is 4.79 Å². The van der Waals surface area contributed by atoms with Crippen molar-refractivity contribution in [1.29, 1.82) is 0 Å². The molecule has 106 valence electrons. The predicted octanol–water partition coefficient (Wildman–Crippen LogP) is 4.61. The molecule has 7 heteroatoms. The summed E-state index contributed by atoms with van der Waals surface area (Å²) in [4.78, 5) is 11.5. The Kier molecular flexibility index (Phi) is 4.81. The highest BCUT2D eigenvalue weighted by molar-refractivity contribution is 6.43. The first-order chi connectivity index (χ1) is 9.52. The van der Waals surface area contributed by atoms with Gasteiger partial charge in [-0.1, -0.05) is 34.8 Å². The highest BCUT2D eigenvalue weighted by Gasteiger charge is 2.16. The molecule has 0 aliphatic rings. The Balaban J connectivity index is 2.15. The van der Waals surface area contributed by atoms with E-state index in [0.717, 1.165) is 0 Å². The molecule has 1 aromatic carbocycles. The second kappa shape index (κ2) is 6.39. The lowest BCUT2D eigenvalue weighted by Crippen LogP contribution is -2.05. The number of carbonyl (C=O) groups excluding carboxylic acids is 1. The van der Waals surface area contributed by atoms with E-state index in [1.54, 1.807) is 0 Å². The third-order valence-electron chi connectivity index (χ3n) is 2.48. The van der Waals surface area contributed by atoms with Crippen LogP contribution in [0.1, 0.15) is 16.1 Å². The zero-order valence-electron chi connectivity index (χ0n) is 10.3. The van der Waals surface area contributed by atoms with Gasteiger partial charge in [-0.15, -0.1) is 0 Å². The fourth-order valence-corrected chi connectivity index (χ4v) is 2.09. The second-order valence-electron chi connectivity index (χ2n) is 3.73. The van der Waals surface area contributed by atoms with Crippen LogP contribution in [0.3, 0.4) is 0 Å². The van der Waals surface area contributed by atoms with Crippen molar-refractivity contribution in [2.24, 2.45) is 0 Å². The summed E-state index contributed by atoms with van der Waals surface area (Å²) in [7, 11) is 1.29. The molecule has 0 atom stereocenters. The molecule has 0 radical (unpaired) electrons. The van der Waals surface area contributed by atoms with Crippen molar-refractivity contribution < 1.29 is 18.7 Å². The van der Waals surface area contributed by atoms with E-state index >= 15 is 0 Å². The Hall–Kier alpha value is -1.36. The van der Waals surface area contributed by atoms with Gasteiger partial charge in [-0.05, 0) is 12.1 Å². The van der Waals surface area contributed by atoms with Crippen LogP contribution in [0, 0.1) is 0 Å². The molecule has 0 fully saturated rings. The fraction of sp³-hybridized carbons (Fsp3) is 0.154. The minimum absolute atomic E-state index is 0.00904. The number of hydrogen-bond donors (Lipinski definition) is 0. The van der Waals surface area contributed by atoms with Gasteiger partial charge in [0.25, 0.3) is 0 Å². The lowest BCUT2D eigenvalue weighted by Gasteiger charge is -2.08. The predicted molar refractivity (Wildman–Crippen MR) is 75.9 cm³/mol. The standard InChI is InChI=1S/C13H9Cl3O4/c1-18-13(17)7-2-3-19-12(7)6-20-11-5-9(15)8(14)4-10(11)16/h2-5H,6H2,1H3. The molecule has 0 unspecified atom stereocenters. The van der Waals surface area contributed by atoms with Gasteiger partial charge >= 0.3 is 5.97 Å². The van der Waals surface area contributed by atoms with Gasteiger partial charge < -0.3 is 13.9 Å². The third kappa shape index (κ3) is 3.20. The van der Waals surface area contributed by atoms with E-state index in [4.69, 9.17) is 44.0 Å². The first kappa shape index (κ1) is 15.0. The number of furan rings is 1. The van der Waals surface area contributed by atoms with Crippen LogP contribution in [0.4, 0.5) is 0 Å². The van der Waals surface area contributed by atoms with Gasteiger partial charge in [0.15, 0.2) is 5.76 Å². The maximum absolute atomic E-state index is 11.5. The minimum Gasteiger partial charge on any atom is -0.484 e. The molecule has 0 saturated heterocycles. The van der Waals surface area contributed by atoms with Crippen molar-refractivity contribution in [3.05, 3.63) is 50.9 Å². The van der Waals surface area contributed by atoms with Gasteiger partial charge in [0, 0.05) is 6.07 Å². The van der Waals surface area contributed by atoms with Crippen LogP contribution in [0.2, 0.25) is 15.1 Å². The molecular weight excluding hydrogens is 326 g/mol. The van der Waals surface area contributed by atoms with Crippen molar-refractivity contribution in [3.63, 3.8) is 0 Å². The molecule has 0 aliphatic heterocycles. The van der Waals surface area contributed by atoms with Crippen molar-refractivity contribution in [2.75, 3.05) is 7.11 Å². The van der Waals surface area contributed by atoms with Crippen molar-refractivity contribution in [1.82, 2.24) is 0 Å². The van der Waals surface area contributed by atoms with Gasteiger partial charge in [-0.3, -0.25) is 0 Å². The van der Waals surface area contributed by atoms with E-state index in [1.165, 1.54) is 31.6 Å². The lowest BCUT2D eigenvalue weighted by molar-refractivity contribution is 0.0595. The molecule has 0 saturated carbocycles. The van der Waals surface area contributed by atoms with E-state index in [0.29, 0.717) is 32.1 Å². The Labute approximate surface area is 130 Å². The number of carbonyl (C=O) groups is 1. The molecule has 20 heavy (non-hydrogen) atoms. The van der Waals surface area contributed by atoms with E-state index < -0.39 is 5.97 Å². The summed E-state index contributed by atoms with van der Waals surface area (Å²) in [6.45, 7) is 0.00904.